The average Bonchev–Trinajstić information content (AvgIpc) is 3.01. The second-order valence-corrected chi connectivity index (χ2v) is 9.28. The maximum Gasteiger partial charge on any atom is 0.153 e. The molecule has 0 aliphatic heterocycles. The smallest absolute Gasteiger partial charge is 0.153 e. The van der Waals surface area contributed by atoms with Crippen LogP contribution in [0.4, 0.5) is 0 Å². The normalized spacial score (nSPS) is 54.9. The van der Waals surface area contributed by atoms with Crippen molar-refractivity contribution in [1.82, 2.24) is 0 Å². The van der Waals surface area contributed by atoms with Crippen LogP contribution < -0.4 is 0 Å². The summed E-state index contributed by atoms with van der Waals surface area (Å²) < 4.78 is 0. The van der Waals surface area contributed by atoms with Gasteiger partial charge in [0.05, 0.1) is 5.41 Å². The standard InChI is InChI=1S/C20H28O4/c1-9-6-12-14-13(18(14,4)5)7-11(3)19(17(12)23)8-10(2)16(22)20(19,24)15(9)21/h6,8,11-16,21-22,24H,7H2,1-5H3/t11-,12?,13?,14+,15?,16+,19?,20?/m1/s1. The molecule has 2 bridgehead atoms. The fraction of sp³-hybridized carbons (Fsp3) is 0.750. The molecular weight excluding hydrogens is 304 g/mol. The molecule has 0 aromatic heterocycles. The molecule has 24 heavy (non-hydrogen) atoms. The van der Waals surface area contributed by atoms with Crippen LogP contribution in [0.25, 0.3) is 0 Å². The third-order valence-corrected chi connectivity index (χ3v) is 7.88. The van der Waals surface area contributed by atoms with Gasteiger partial charge in [-0.1, -0.05) is 32.9 Å². The van der Waals surface area contributed by atoms with Gasteiger partial charge in [-0.05, 0) is 54.6 Å². The molecule has 4 nitrogen and oxygen atoms in total. The lowest BCUT2D eigenvalue weighted by Crippen LogP contribution is -2.64. The van der Waals surface area contributed by atoms with Gasteiger partial charge in [0, 0.05) is 5.92 Å². The van der Waals surface area contributed by atoms with Gasteiger partial charge in [0.1, 0.15) is 17.8 Å². The quantitative estimate of drug-likeness (QED) is 0.592. The summed E-state index contributed by atoms with van der Waals surface area (Å²) in [5.41, 5.74) is -1.80. The fourth-order valence-electron chi connectivity index (χ4n) is 6.41. The Hall–Kier alpha value is -0.970. The van der Waals surface area contributed by atoms with Gasteiger partial charge < -0.3 is 15.3 Å². The van der Waals surface area contributed by atoms with Crippen LogP contribution in [0.5, 0.6) is 0 Å². The van der Waals surface area contributed by atoms with Crippen LogP contribution in [-0.4, -0.2) is 38.9 Å². The first-order valence-electron chi connectivity index (χ1n) is 9.01. The van der Waals surface area contributed by atoms with Crippen molar-refractivity contribution in [3.05, 3.63) is 23.3 Å². The van der Waals surface area contributed by atoms with Gasteiger partial charge in [0.25, 0.3) is 0 Å². The minimum atomic E-state index is -1.87. The zero-order valence-corrected chi connectivity index (χ0v) is 15.1. The topological polar surface area (TPSA) is 77.8 Å². The van der Waals surface area contributed by atoms with E-state index in [4.69, 9.17) is 0 Å². The third-order valence-electron chi connectivity index (χ3n) is 7.88. The van der Waals surface area contributed by atoms with E-state index in [2.05, 4.69) is 13.8 Å². The molecular formula is C20H28O4. The summed E-state index contributed by atoms with van der Waals surface area (Å²) >= 11 is 0. The van der Waals surface area contributed by atoms with Crippen molar-refractivity contribution in [2.75, 3.05) is 0 Å². The second-order valence-electron chi connectivity index (χ2n) is 9.28. The molecule has 3 N–H and O–H groups in total. The largest absolute Gasteiger partial charge is 0.386 e. The summed E-state index contributed by atoms with van der Waals surface area (Å²) in [5, 5.41) is 33.2. The second kappa shape index (κ2) is 4.40. The highest BCUT2D eigenvalue weighted by atomic mass is 16.4. The van der Waals surface area contributed by atoms with Gasteiger partial charge in [-0.15, -0.1) is 0 Å². The van der Waals surface area contributed by atoms with Crippen LogP contribution in [0.2, 0.25) is 0 Å². The van der Waals surface area contributed by atoms with E-state index in [9.17, 15) is 20.1 Å². The highest BCUT2D eigenvalue weighted by molar-refractivity contribution is 5.95. The predicted molar refractivity (Wildman–Crippen MR) is 89.9 cm³/mol. The number of Topliss-reactive ketones (excluding diaryl/α,β-unsaturated/α-hetero) is 1. The Morgan fingerprint density at radius 3 is 2.33 bits per heavy atom. The lowest BCUT2D eigenvalue weighted by molar-refractivity contribution is -0.189. The zero-order chi connectivity index (χ0) is 17.8. The molecule has 2 saturated carbocycles. The number of rotatable bonds is 0. The van der Waals surface area contributed by atoms with Crippen molar-refractivity contribution in [3.63, 3.8) is 0 Å². The summed E-state index contributed by atoms with van der Waals surface area (Å²) in [7, 11) is 0. The monoisotopic (exact) mass is 332 g/mol. The maximum absolute atomic E-state index is 13.7. The van der Waals surface area contributed by atoms with Crippen molar-refractivity contribution >= 4 is 5.78 Å². The van der Waals surface area contributed by atoms with Gasteiger partial charge in [-0.25, -0.2) is 0 Å². The zero-order valence-electron chi connectivity index (χ0n) is 15.1. The number of ketones is 1. The Morgan fingerprint density at radius 2 is 1.71 bits per heavy atom. The van der Waals surface area contributed by atoms with Gasteiger partial charge in [0.15, 0.2) is 5.78 Å². The molecule has 4 rings (SSSR count). The van der Waals surface area contributed by atoms with Crippen molar-refractivity contribution in [1.29, 1.82) is 0 Å². The number of carbonyl (C=O) groups is 1. The van der Waals surface area contributed by atoms with E-state index in [-0.39, 0.29) is 29.0 Å². The van der Waals surface area contributed by atoms with Gasteiger partial charge >= 0.3 is 0 Å². The van der Waals surface area contributed by atoms with E-state index < -0.39 is 23.2 Å². The minimum Gasteiger partial charge on any atom is -0.386 e. The Bertz CT molecular complexity index is 690. The minimum absolute atomic E-state index is 0.0256. The molecule has 0 amide bonds. The van der Waals surface area contributed by atoms with Gasteiger partial charge in [-0.3, -0.25) is 4.79 Å². The Labute approximate surface area is 143 Å². The molecule has 4 aliphatic carbocycles. The number of hydrogen-bond acceptors (Lipinski definition) is 4. The molecule has 0 aromatic carbocycles. The molecule has 0 aromatic rings. The number of aliphatic hydroxyl groups is 3. The summed E-state index contributed by atoms with van der Waals surface area (Å²) in [6.07, 6.45) is 2.01. The number of allylic oxidation sites excluding steroid dienone is 1. The van der Waals surface area contributed by atoms with Crippen molar-refractivity contribution in [2.45, 2.75) is 58.8 Å². The summed E-state index contributed by atoms with van der Waals surface area (Å²) in [6, 6.07) is 0. The Kier molecular flexibility index (Phi) is 3.03. The van der Waals surface area contributed by atoms with Crippen molar-refractivity contribution in [2.24, 2.45) is 34.5 Å². The van der Waals surface area contributed by atoms with Crippen molar-refractivity contribution < 1.29 is 20.1 Å². The van der Waals surface area contributed by atoms with Crippen LogP contribution in [0.15, 0.2) is 23.3 Å². The number of aliphatic hydroxyl groups excluding tert-OH is 2. The SMILES string of the molecule is CC1=CC2C(=O)C3(C=C(C)[C@H](O)C3(O)C1O)[C@H](C)CC1[C@H]2C1(C)C. The van der Waals surface area contributed by atoms with E-state index in [1.54, 1.807) is 19.9 Å². The van der Waals surface area contributed by atoms with E-state index in [0.29, 0.717) is 17.1 Å². The summed E-state index contributed by atoms with van der Waals surface area (Å²) in [5.74, 6) is 0.240. The summed E-state index contributed by atoms with van der Waals surface area (Å²) in [6.45, 7) is 9.91. The maximum atomic E-state index is 13.7. The predicted octanol–water partition coefficient (Wildman–Crippen LogP) is 1.84. The van der Waals surface area contributed by atoms with Crippen molar-refractivity contribution in [3.8, 4) is 0 Å². The fourth-order valence-corrected chi connectivity index (χ4v) is 6.41. The van der Waals surface area contributed by atoms with E-state index in [0.717, 1.165) is 6.42 Å². The molecule has 4 heteroatoms. The molecule has 0 saturated heterocycles. The molecule has 2 fully saturated rings. The van der Waals surface area contributed by atoms with Crippen LogP contribution in [0.1, 0.15) is 41.0 Å². The van der Waals surface area contributed by atoms with Crippen LogP contribution in [0.3, 0.4) is 0 Å². The van der Waals surface area contributed by atoms with Gasteiger partial charge in [-0.2, -0.15) is 0 Å². The molecule has 8 atom stereocenters. The first kappa shape index (κ1) is 16.5. The van der Waals surface area contributed by atoms with Crippen LogP contribution in [0, 0.1) is 34.5 Å². The molecule has 0 heterocycles. The van der Waals surface area contributed by atoms with E-state index >= 15 is 0 Å². The Balaban J connectivity index is 1.99. The lowest BCUT2D eigenvalue weighted by atomic mass is 9.59. The van der Waals surface area contributed by atoms with E-state index in [1.165, 1.54) is 0 Å². The summed E-state index contributed by atoms with van der Waals surface area (Å²) in [4.78, 5) is 13.7. The number of carbonyl (C=O) groups excluding carboxylic acids is 1. The first-order chi connectivity index (χ1) is 11.0. The average molecular weight is 332 g/mol. The first-order valence-corrected chi connectivity index (χ1v) is 9.01. The molecule has 1 spiro atoms. The van der Waals surface area contributed by atoms with Gasteiger partial charge in [0.2, 0.25) is 0 Å². The molecule has 0 radical (unpaired) electrons. The highest BCUT2D eigenvalue weighted by Gasteiger charge is 2.75. The molecule has 132 valence electrons. The number of hydrogen-bond donors (Lipinski definition) is 3. The van der Waals surface area contributed by atoms with Crippen LogP contribution >= 0.6 is 0 Å². The Morgan fingerprint density at radius 1 is 1.12 bits per heavy atom. The highest BCUT2D eigenvalue weighted by Crippen LogP contribution is 2.71. The number of fused-ring (bicyclic) bond motifs is 3. The molecule has 5 unspecified atom stereocenters. The van der Waals surface area contributed by atoms with Crippen LogP contribution in [-0.2, 0) is 4.79 Å². The third kappa shape index (κ3) is 1.50. The molecule has 4 aliphatic rings. The lowest BCUT2D eigenvalue weighted by Gasteiger charge is -2.48. The van der Waals surface area contributed by atoms with E-state index in [1.807, 2.05) is 13.0 Å².